The molecule has 17 heavy (non-hydrogen) atoms. The van der Waals surface area contributed by atoms with Crippen LogP contribution in [0.1, 0.15) is 52.4 Å². The molecular weight excluding hydrogens is 212 g/mol. The third kappa shape index (κ3) is 4.30. The van der Waals surface area contributed by atoms with E-state index in [1.165, 1.54) is 25.7 Å². The Balaban J connectivity index is 2.44. The van der Waals surface area contributed by atoms with Crippen LogP contribution in [0.2, 0.25) is 0 Å². The zero-order valence-corrected chi connectivity index (χ0v) is 11.7. The largest absolute Gasteiger partial charge is 0.341 e. The van der Waals surface area contributed by atoms with Gasteiger partial charge in [0.25, 0.3) is 0 Å². The number of likely N-dealkylation sites (tertiary alicyclic amines) is 1. The molecule has 0 aromatic rings. The molecule has 2 atom stereocenters. The Kier molecular flexibility index (Phi) is 6.56. The van der Waals surface area contributed by atoms with E-state index in [2.05, 4.69) is 24.1 Å². The number of amides is 1. The van der Waals surface area contributed by atoms with Crippen LogP contribution in [-0.4, -0.2) is 37.0 Å². The summed E-state index contributed by atoms with van der Waals surface area (Å²) in [5.74, 6) is 1.00. The highest BCUT2D eigenvalue weighted by atomic mass is 16.2. The van der Waals surface area contributed by atoms with Gasteiger partial charge in [0.2, 0.25) is 5.91 Å². The fraction of sp³-hybridized carbons (Fsp3) is 0.929. The number of piperidine rings is 1. The van der Waals surface area contributed by atoms with Crippen LogP contribution in [0.4, 0.5) is 0 Å². The fourth-order valence-electron chi connectivity index (χ4n) is 2.62. The lowest BCUT2D eigenvalue weighted by Crippen LogP contribution is -2.50. The molecular formula is C14H28N2O. The van der Waals surface area contributed by atoms with Gasteiger partial charge in [0, 0.05) is 13.1 Å². The molecule has 0 spiro atoms. The topological polar surface area (TPSA) is 32.3 Å². The molecule has 0 radical (unpaired) electrons. The van der Waals surface area contributed by atoms with Gasteiger partial charge in [-0.05, 0) is 32.2 Å². The second-order valence-electron chi connectivity index (χ2n) is 5.18. The summed E-state index contributed by atoms with van der Waals surface area (Å²) in [4.78, 5) is 14.2. The van der Waals surface area contributed by atoms with E-state index in [9.17, 15) is 4.79 Å². The number of nitrogens with one attached hydrogen (secondary N) is 1. The molecule has 0 bridgehead atoms. The minimum atomic E-state index is 0.0624. The quantitative estimate of drug-likeness (QED) is 0.741. The Labute approximate surface area is 106 Å². The van der Waals surface area contributed by atoms with Crippen LogP contribution in [0.3, 0.4) is 0 Å². The van der Waals surface area contributed by atoms with Gasteiger partial charge >= 0.3 is 0 Å². The van der Waals surface area contributed by atoms with Crippen LogP contribution in [0, 0.1) is 5.92 Å². The Morgan fingerprint density at radius 1 is 1.47 bits per heavy atom. The van der Waals surface area contributed by atoms with Crippen molar-refractivity contribution < 1.29 is 4.79 Å². The number of unbranched alkanes of at least 4 members (excludes halogenated alkanes) is 1. The van der Waals surface area contributed by atoms with Gasteiger partial charge in [0.1, 0.15) is 0 Å². The first kappa shape index (κ1) is 14.5. The zero-order valence-electron chi connectivity index (χ0n) is 11.7. The van der Waals surface area contributed by atoms with Gasteiger partial charge in [-0.2, -0.15) is 0 Å². The fourth-order valence-corrected chi connectivity index (χ4v) is 2.62. The van der Waals surface area contributed by atoms with Gasteiger partial charge in [0.15, 0.2) is 0 Å². The number of nitrogens with zero attached hydrogens (tertiary/aromatic N) is 1. The third-order valence-electron chi connectivity index (χ3n) is 3.90. The van der Waals surface area contributed by atoms with Crippen molar-refractivity contribution in [2.24, 2.45) is 5.92 Å². The number of likely N-dealkylation sites (N-methyl/N-ethyl adjacent to an activating group) is 1. The van der Waals surface area contributed by atoms with E-state index in [1.807, 2.05) is 7.05 Å². The molecule has 1 rings (SSSR count). The normalized spacial score (nSPS) is 22.9. The smallest absolute Gasteiger partial charge is 0.239 e. The van der Waals surface area contributed by atoms with Gasteiger partial charge in [-0.25, -0.2) is 0 Å². The van der Waals surface area contributed by atoms with Crippen molar-refractivity contribution in [3.8, 4) is 0 Å². The van der Waals surface area contributed by atoms with Crippen LogP contribution >= 0.6 is 0 Å². The first-order valence-corrected chi connectivity index (χ1v) is 7.18. The monoisotopic (exact) mass is 240 g/mol. The summed E-state index contributed by atoms with van der Waals surface area (Å²) in [5, 5.41) is 3.13. The standard InChI is InChI=1S/C14H28N2O/c1-4-6-8-12(5-2)11-16-10-7-9-13(15-3)14(16)17/h12-13,15H,4-11H2,1-3H3. The average molecular weight is 240 g/mol. The van der Waals surface area contributed by atoms with E-state index >= 15 is 0 Å². The van der Waals surface area contributed by atoms with E-state index in [0.29, 0.717) is 11.8 Å². The SMILES string of the molecule is CCCCC(CC)CN1CCCC(NC)C1=O. The predicted octanol–water partition coefficient (Wildman–Crippen LogP) is 2.41. The van der Waals surface area contributed by atoms with Crippen molar-refractivity contribution in [2.45, 2.75) is 58.4 Å². The molecule has 1 fully saturated rings. The summed E-state index contributed by atoms with van der Waals surface area (Å²) in [6.45, 7) is 6.40. The summed E-state index contributed by atoms with van der Waals surface area (Å²) in [6, 6.07) is 0.0624. The van der Waals surface area contributed by atoms with Gasteiger partial charge in [-0.1, -0.05) is 33.1 Å². The summed E-state index contributed by atoms with van der Waals surface area (Å²) in [7, 11) is 1.89. The van der Waals surface area contributed by atoms with Crippen LogP contribution < -0.4 is 5.32 Å². The van der Waals surface area contributed by atoms with Crippen molar-refractivity contribution in [1.29, 1.82) is 0 Å². The van der Waals surface area contributed by atoms with E-state index < -0.39 is 0 Å². The molecule has 1 heterocycles. The van der Waals surface area contributed by atoms with Gasteiger partial charge in [-0.15, -0.1) is 0 Å². The predicted molar refractivity (Wildman–Crippen MR) is 72.0 cm³/mol. The molecule has 1 saturated heterocycles. The molecule has 0 aromatic heterocycles. The molecule has 0 saturated carbocycles. The van der Waals surface area contributed by atoms with E-state index in [4.69, 9.17) is 0 Å². The van der Waals surface area contributed by atoms with Crippen molar-refractivity contribution in [3.05, 3.63) is 0 Å². The van der Waals surface area contributed by atoms with Gasteiger partial charge in [0.05, 0.1) is 6.04 Å². The summed E-state index contributed by atoms with van der Waals surface area (Å²) >= 11 is 0. The van der Waals surface area contributed by atoms with Gasteiger partial charge in [-0.3, -0.25) is 4.79 Å². The maximum Gasteiger partial charge on any atom is 0.239 e. The molecule has 3 heteroatoms. The van der Waals surface area contributed by atoms with Crippen LogP contribution in [0.25, 0.3) is 0 Å². The first-order chi connectivity index (χ1) is 8.22. The highest BCUT2D eigenvalue weighted by molar-refractivity contribution is 5.82. The molecule has 1 amide bonds. The molecule has 0 aliphatic carbocycles. The Hall–Kier alpha value is -0.570. The maximum atomic E-state index is 12.1. The number of carbonyl (C=O) groups excluding carboxylic acids is 1. The summed E-state index contributed by atoms with van der Waals surface area (Å²) in [6.07, 6.45) is 7.13. The van der Waals surface area contributed by atoms with E-state index in [1.54, 1.807) is 0 Å². The molecule has 1 aliphatic rings. The maximum absolute atomic E-state index is 12.1. The highest BCUT2D eigenvalue weighted by Gasteiger charge is 2.28. The average Bonchev–Trinajstić information content (AvgIpc) is 2.36. The van der Waals surface area contributed by atoms with E-state index in [0.717, 1.165) is 25.9 Å². The van der Waals surface area contributed by atoms with Crippen molar-refractivity contribution in [1.82, 2.24) is 10.2 Å². The number of carbonyl (C=O) groups is 1. The highest BCUT2D eigenvalue weighted by Crippen LogP contribution is 2.18. The Bertz CT molecular complexity index is 230. The minimum absolute atomic E-state index is 0.0624. The first-order valence-electron chi connectivity index (χ1n) is 7.18. The molecule has 0 aromatic carbocycles. The van der Waals surface area contributed by atoms with Crippen molar-refractivity contribution in [2.75, 3.05) is 20.1 Å². The van der Waals surface area contributed by atoms with Crippen LogP contribution in [0.15, 0.2) is 0 Å². The van der Waals surface area contributed by atoms with Crippen LogP contribution in [-0.2, 0) is 4.79 Å². The second-order valence-corrected chi connectivity index (χ2v) is 5.18. The van der Waals surface area contributed by atoms with Crippen molar-refractivity contribution >= 4 is 5.91 Å². The summed E-state index contributed by atoms with van der Waals surface area (Å²) < 4.78 is 0. The number of hydrogen-bond donors (Lipinski definition) is 1. The molecule has 1 N–H and O–H groups in total. The van der Waals surface area contributed by atoms with Gasteiger partial charge < -0.3 is 10.2 Å². The molecule has 1 aliphatic heterocycles. The lowest BCUT2D eigenvalue weighted by Gasteiger charge is -2.34. The van der Waals surface area contributed by atoms with E-state index in [-0.39, 0.29) is 6.04 Å². The minimum Gasteiger partial charge on any atom is -0.341 e. The van der Waals surface area contributed by atoms with Crippen molar-refractivity contribution in [3.63, 3.8) is 0 Å². The third-order valence-corrected chi connectivity index (χ3v) is 3.90. The summed E-state index contributed by atoms with van der Waals surface area (Å²) in [5.41, 5.74) is 0. The lowest BCUT2D eigenvalue weighted by atomic mass is 9.96. The Morgan fingerprint density at radius 2 is 2.24 bits per heavy atom. The Morgan fingerprint density at radius 3 is 2.82 bits per heavy atom. The second kappa shape index (κ2) is 7.70. The lowest BCUT2D eigenvalue weighted by molar-refractivity contribution is -0.136. The molecule has 3 nitrogen and oxygen atoms in total. The molecule has 2 unspecified atom stereocenters. The zero-order chi connectivity index (χ0) is 12.7. The molecule has 100 valence electrons. The van der Waals surface area contributed by atoms with Crippen LogP contribution in [0.5, 0.6) is 0 Å². The number of hydrogen-bond acceptors (Lipinski definition) is 2. The number of rotatable bonds is 7.